The second-order valence-corrected chi connectivity index (χ2v) is 5.27. The Hall–Kier alpha value is -2.36. The Balaban J connectivity index is 2.03. The lowest BCUT2D eigenvalue weighted by molar-refractivity contribution is 0.0982. The Bertz CT molecular complexity index is 681. The second kappa shape index (κ2) is 4.63. The Labute approximate surface area is 118 Å². The molecular formula is C16H17N3O. The first-order valence-electron chi connectivity index (χ1n) is 6.71. The molecule has 102 valence electrons. The van der Waals surface area contributed by atoms with E-state index >= 15 is 0 Å². The monoisotopic (exact) mass is 267 g/mol. The fourth-order valence-corrected chi connectivity index (χ4v) is 2.76. The molecule has 1 unspecified atom stereocenters. The number of nitrogens with zero attached hydrogens (tertiary/aromatic N) is 2. The lowest BCUT2D eigenvalue weighted by Crippen LogP contribution is -2.36. The summed E-state index contributed by atoms with van der Waals surface area (Å²) in [5.74, 6) is -0.0764. The molecule has 1 aromatic heterocycles. The van der Waals surface area contributed by atoms with Crippen molar-refractivity contribution in [1.82, 2.24) is 4.98 Å². The molecule has 0 saturated carbocycles. The molecular weight excluding hydrogens is 250 g/mol. The molecule has 0 radical (unpaired) electrons. The quantitative estimate of drug-likeness (QED) is 0.863. The normalized spacial score (nSPS) is 17.1. The molecule has 0 bridgehead atoms. The molecule has 0 spiro atoms. The van der Waals surface area contributed by atoms with E-state index < -0.39 is 0 Å². The first kappa shape index (κ1) is 12.7. The van der Waals surface area contributed by atoms with Crippen LogP contribution in [0.15, 0.2) is 36.5 Å². The third-order valence-corrected chi connectivity index (χ3v) is 3.73. The van der Waals surface area contributed by atoms with Gasteiger partial charge in [0.25, 0.3) is 5.91 Å². The Morgan fingerprint density at radius 2 is 2.15 bits per heavy atom. The Morgan fingerprint density at radius 3 is 2.90 bits per heavy atom. The number of para-hydroxylation sites is 1. The van der Waals surface area contributed by atoms with Crippen LogP contribution >= 0.6 is 0 Å². The maximum Gasteiger partial charge on any atom is 0.262 e. The van der Waals surface area contributed by atoms with Gasteiger partial charge in [0.15, 0.2) is 0 Å². The number of rotatable bonds is 1. The number of aromatic nitrogens is 1. The molecule has 0 fully saturated rings. The van der Waals surface area contributed by atoms with Gasteiger partial charge in [0.2, 0.25) is 0 Å². The number of anilines is 2. The minimum atomic E-state index is -0.0764. The molecule has 1 amide bonds. The highest BCUT2D eigenvalue weighted by Gasteiger charge is 2.32. The van der Waals surface area contributed by atoms with Crippen LogP contribution in [0.4, 0.5) is 11.4 Å². The average molecular weight is 267 g/mol. The number of carbonyl (C=O) groups excluding carboxylic acids is 1. The van der Waals surface area contributed by atoms with E-state index in [1.807, 2.05) is 30.0 Å². The number of benzene rings is 1. The molecule has 0 aliphatic carbocycles. The van der Waals surface area contributed by atoms with E-state index in [0.717, 1.165) is 17.8 Å². The van der Waals surface area contributed by atoms with E-state index in [2.05, 4.69) is 18.0 Å². The number of pyridine rings is 1. The van der Waals surface area contributed by atoms with Crippen molar-refractivity contribution in [2.45, 2.75) is 26.3 Å². The summed E-state index contributed by atoms with van der Waals surface area (Å²) in [6.07, 6.45) is 2.45. The summed E-state index contributed by atoms with van der Waals surface area (Å²) in [6.45, 7) is 3.91. The molecule has 2 heterocycles. The van der Waals surface area contributed by atoms with E-state index in [-0.39, 0.29) is 11.9 Å². The van der Waals surface area contributed by atoms with Crippen LogP contribution in [0.2, 0.25) is 0 Å². The summed E-state index contributed by atoms with van der Waals surface area (Å²) >= 11 is 0. The molecule has 1 atom stereocenters. The number of amides is 1. The largest absolute Gasteiger partial charge is 0.398 e. The molecule has 3 rings (SSSR count). The number of fused-ring (bicyclic) bond motifs is 1. The predicted molar refractivity (Wildman–Crippen MR) is 79.8 cm³/mol. The predicted octanol–water partition coefficient (Wildman–Crippen LogP) is 2.56. The minimum Gasteiger partial charge on any atom is -0.398 e. The van der Waals surface area contributed by atoms with Gasteiger partial charge < -0.3 is 10.6 Å². The topological polar surface area (TPSA) is 59.2 Å². The summed E-state index contributed by atoms with van der Waals surface area (Å²) in [5, 5.41) is 0. The van der Waals surface area contributed by atoms with Crippen LogP contribution in [0, 0.1) is 6.92 Å². The van der Waals surface area contributed by atoms with Crippen LogP contribution in [0.3, 0.4) is 0 Å². The number of carbonyl (C=O) groups is 1. The SMILES string of the molecule is Cc1cc(N)c(C(=O)N2c3ccccc3CC2C)cn1. The van der Waals surface area contributed by atoms with Gasteiger partial charge in [-0.3, -0.25) is 9.78 Å². The summed E-state index contributed by atoms with van der Waals surface area (Å²) in [7, 11) is 0. The van der Waals surface area contributed by atoms with Crippen molar-refractivity contribution in [2.24, 2.45) is 0 Å². The number of hydrogen-bond donors (Lipinski definition) is 1. The number of nitrogens with two attached hydrogens (primary N) is 1. The van der Waals surface area contributed by atoms with Gasteiger partial charge in [-0.2, -0.15) is 0 Å². The van der Waals surface area contributed by atoms with Crippen LogP contribution in [-0.2, 0) is 6.42 Å². The van der Waals surface area contributed by atoms with Crippen molar-refractivity contribution >= 4 is 17.3 Å². The van der Waals surface area contributed by atoms with Gasteiger partial charge in [-0.1, -0.05) is 18.2 Å². The van der Waals surface area contributed by atoms with E-state index in [9.17, 15) is 4.79 Å². The van der Waals surface area contributed by atoms with E-state index in [1.165, 1.54) is 5.56 Å². The third kappa shape index (κ3) is 1.93. The fraction of sp³-hybridized carbons (Fsp3) is 0.250. The van der Waals surface area contributed by atoms with Crippen molar-refractivity contribution < 1.29 is 4.79 Å². The molecule has 20 heavy (non-hydrogen) atoms. The zero-order chi connectivity index (χ0) is 14.3. The molecule has 0 saturated heterocycles. The highest BCUT2D eigenvalue weighted by atomic mass is 16.2. The van der Waals surface area contributed by atoms with Gasteiger partial charge >= 0.3 is 0 Å². The van der Waals surface area contributed by atoms with E-state index in [0.29, 0.717) is 11.3 Å². The second-order valence-electron chi connectivity index (χ2n) is 5.27. The lowest BCUT2D eigenvalue weighted by atomic mass is 10.1. The molecule has 4 heteroatoms. The molecule has 1 aromatic carbocycles. The fourth-order valence-electron chi connectivity index (χ4n) is 2.76. The van der Waals surface area contributed by atoms with Gasteiger partial charge in [-0.15, -0.1) is 0 Å². The zero-order valence-electron chi connectivity index (χ0n) is 11.6. The number of hydrogen-bond acceptors (Lipinski definition) is 3. The molecule has 1 aliphatic rings. The van der Waals surface area contributed by atoms with E-state index in [4.69, 9.17) is 5.73 Å². The van der Waals surface area contributed by atoms with Gasteiger partial charge in [0.1, 0.15) is 0 Å². The van der Waals surface area contributed by atoms with Gasteiger partial charge in [-0.25, -0.2) is 0 Å². The number of nitrogen functional groups attached to an aromatic ring is 1. The van der Waals surface area contributed by atoms with Crippen molar-refractivity contribution in [3.63, 3.8) is 0 Å². The maximum absolute atomic E-state index is 12.8. The Kier molecular flexibility index (Phi) is 2.93. The van der Waals surface area contributed by atoms with Crippen molar-refractivity contribution in [3.8, 4) is 0 Å². The highest BCUT2D eigenvalue weighted by Crippen LogP contribution is 2.33. The first-order chi connectivity index (χ1) is 9.58. The van der Waals surface area contributed by atoms with Crippen molar-refractivity contribution in [2.75, 3.05) is 10.6 Å². The first-order valence-corrected chi connectivity index (χ1v) is 6.71. The standard InChI is InChI=1S/C16H17N3O/c1-10-7-14(17)13(9-18-10)16(20)19-11(2)8-12-5-3-4-6-15(12)19/h3-7,9,11H,8H2,1-2H3,(H2,17,18). The summed E-state index contributed by atoms with van der Waals surface area (Å²) < 4.78 is 0. The summed E-state index contributed by atoms with van der Waals surface area (Å²) in [5.41, 5.74) is 9.92. The van der Waals surface area contributed by atoms with Gasteiger partial charge in [-0.05, 0) is 38.0 Å². The van der Waals surface area contributed by atoms with Gasteiger partial charge in [0, 0.05) is 29.3 Å². The van der Waals surface area contributed by atoms with Crippen LogP contribution in [0.5, 0.6) is 0 Å². The van der Waals surface area contributed by atoms with Crippen molar-refractivity contribution in [1.29, 1.82) is 0 Å². The molecule has 4 nitrogen and oxygen atoms in total. The maximum atomic E-state index is 12.8. The van der Waals surface area contributed by atoms with Crippen LogP contribution in [0.25, 0.3) is 0 Å². The zero-order valence-corrected chi connectivity index (χ0v) is 11.6. The third-order valence-electron chi connectivity index (χ3n) is 3.73. The van der Waals surface area contributed by atoms with Crippen LogP contribution < -0.4 is 10.6 Å². The Morgan fingerprint density at radius 1 is 1.40 bits per heavy atom. The molecule has 2 aromatic rings. The van der Waals surface area contributed by atoms with Crippen molar-refractivity contribution in [3.05, 3.63) is 53.3 Å². The van der Waals surface area contributed by atoms with Gasteiger partial charge in [0.05, 0.1) is 5.56 Å². The summed E-state index contributed by atoms with van der Waals surface area (Å²) in [6, 6.07) is 9.88. The highest BCUT2D eigenvalue weighted by molar-refractivity contribution is 6.10. The number of aryl methyl sites for hydroxylation is 1. The lowest BCUT2D eigenvalue weighted by Gasteiger charge is -2.23. The van der Waals surface area contributed by atoms with E-state index in [1.54, 1.807) is 12.3 Å². The molecule has 1 aliphatic heterocycles. The molecule has 2 N–H and O–H groups in total. The summed E-state index contributed by atoms with van der Waals surface area (Å²) in [4.78, 5) is 18.8. The average Bonchev–Trinajstić information content (AvgIpc) is 2.73. The van der Waals surface area contributed by atoms with Crippen LogP contribution in [0.1, 0.15) is 28.5 Å². The minimum absolute atomic E-state index is 0.0764. The van der Waals surface area contributed by atoms with Crippen LogP contribution in [-0.4, -0.2) is 16.9 Å². The smallest absolute Gasteiger partial charge is 0.262 e.